The molecule has 0 unspecified atom stereocenters. The fourth-order valence-electron chi connectivity index (χ4n) is 3.51. The van der Waals surface area contributed by atoms with Crippen LogP contribution < -0.4 is 0 Å². The number of hydrogen-bond acceptors (Lipinski definition) is 5. The van der Waals surface area contributed by atoms with E-state index in [0.717, 1.165) is 36.8 Å². The minimum absolute atomic E-state index is 0.447. The maximum atomic E-state index is 12.3. The first-order valence-electron chi connectivity index (χ1n) is 7.67. The highest BCUT2D eigenvalue weighted by Gasteiger charge is 2.40. The molecule has 2 saturated heterocycles. The summed E-state index contributed by atoms with van der Waals surface area (Å²) in [5.74, 6) is 1.07. The Balaban J connectivity index is 1.62. The van der Waals surface area contributed by atoms with Gasteiger partial charge in [-0.15, -0.1) is 11.3 Å². The smallest absolute Gasteiger partial charge is 0.281 e. The van der Waals surface area contributed by atoms with Gasteiger partial charge in [0.05, 0.1) is 10.7 Å². The van der Waals surface area contributed by atoms with Crippen LogP contribution in [0.1, 0.15) is 17.1 Å². The van der Waals surface area contributed by atoms with Crippen molar-refractivity contribution >= 4 is 21.5 Å². The van der Waals surface area contributed by atoms with Gasteiger partial charge < -0.3 is 0 Å². The highest BCUT2D eigenvalue weighted by atomic mass is 32.2. The van der Waals surface area contributed by atoms with Gasteiger partial charge in [-0.2, -0.15) is 17.0 Å². The van der Waals surface area contributed by atoms with E-state index in [1.807, 2.05) is 6.92 Å². The van der Waals surface area contributed by atoms with Gasteiger partial charge in [0.2, 0.25) is 0 Å². The molecule has 2 fully saturated rings. The van der Waals surface area contributed by atoms with Crippen LogP contribution in [0.4, 0.5) is 0 Å². The maximum Gasteiger partial charge on any atom is 0.281 e. The number of nitrogens with zero attached hydrogens (tertiary/aromatic N) is 4. The average Bonchev–Trinajstić information content (AvgIpc) is 3.03. The molecule has 2 aliphatic heterocycles. The summed E-state index contributed by atoms with van der Waals surface area (Å²) in [6, 6.07) is 0. The molecule has 8 heteroatoms. The van der Waals surface area contributed by atoms with Crippen LogP contribution in [0, 0.1) is 18.8 Å². The molecular weight excluding hydrogens is 320 g/mol. The molecule has 0 aromatic carbocycles. The number of likely N-dealkylation sites (tertiary alicyclic amines) is 1. The van der Waals surface area contributed by atoms with E-state index >= 15 is 0 Å². The Bertz CT molecular complexity index is 629. The predicted octanol–water partition coefficient (Wildman–Crippen LogP) is 1.01. The van der Waals surface area contributed by atoms with Crippen LogP contribution in [0.3, 0.4) is 0 Å². The van der Waals surface area contributed by atoms with E-state index in [0.29, 0.717) is 24.9 Å². The lowest BCUT2D eigenvalue weighted by molar-refractivity contribution is 0.219. The Morgan fingerprint density at radius 1 is 1.32 bits per heavy atom. The fraction of sp³-hybridized carbons (Fsp3) is 0.786. The van der Waals surface area contributed by atoms with Crippen molar-refractivity contribution in [2.24, 2.45) is 11.8 Å². The van der Waals surface area contributed by atoms with E-state index in [1.165, 1.54) is 4.31 Å². The fourth-order valence-corrected chi connectivity index (χ4v) is 5.29. The van der Waals surface area contributed by atoms with E-state index in [-0.39, 0.29) is 0 Å². The van der Waals surface area contributed by atoms with Gasteiger partial charge in [-0.05, 0) is 25.2 Å². The third-order valence-electron chi connectivity index (χ3n) is 4.68. The summed E-state index contributed by atoms with van der Waals surface area (Å²) in [6.45, 7) is 6.25. The second-order valence-corrected chi connectivity index (χ2v) is 9.71. The number of thiazole rings is 1. The van der Waals surface area contributed by atoms with Gasteiger partial charge in [0.1, 0.15) is 0 Å². The van der Waals surface area contributed by atoms with Gasteiger partial charge in [-0.1, -0.05) is 0 Å². The van der Waals surface area contributed by atoms with E-state index in [4.69, 9.17) is 0 Å². The predicted molar refractivity (Wildman–Crippen MR) is 87.9 cm³/mol. The van der Waals surface area contributed by atoms with E-state index in [1.54, 1.807) is 29.7 Å². The summed E-state index contributed by atoms with van der Waals surface area (Å²) in [4.78, 5) is 6.96. The van der Waals surface area contributed by atoms with Crippen LogP contribution >= 0.6 is 11.3 Å². The van der Waals surface area contributed by atoms with E-state index in [9.17, 15) is 8.42 Å². The summed E-state index contributed by atoms with van der Waals surface area (Å²) >= 11 is 1.69. The zero-order chi connectivity index (χ0) is 15.9. The molecule has 6 nitrogen and oxygen atoms in total. The molecule has 2 atom stereocenters. The van der Waals surface area contributed by atoms with Crippen molar-refractivity contribution in [3.63, 3.8) is 0 Å². The Morgan fingerprint density at radius 3 is 2.68 bits per heavy atom. The lowest BCUT2D eigenvalue weighted by Gasteiger charge is -2.34. The zero-order valence-electron chi connectivity index (χ0n) is 13.4. The summed E-state index contributed by atoms with van der Waals surface area (Å²) in [6.07, 6.45) is 0.963. The molecule has 0 saturated carbocycles. The van der Waals surface area contributed by atoms with Crippen molar-refractivity contribution in [3.05, 3.63) is 16.1 Å². The highest BCUT2D eigenvalue weighted by Crippen LogP contribution is 2.33. The van der Waals surface area contributed by atoms with Gasteiger partial charge in [0.15, 0.2) is 0 Å². The molecule has 1 aromatic heterocycles. The van der Waals surface area contributed by atoms with Crippen LogP contribution in [0.2, 0.25) is 0 Å². The monoisotopic (exact) mass is 344 g/mol. The number of aromatic nitrogens is 1. The molecule has 0 spiro atoms. The standard InChI is InChI=1S/C14H24N4O2S2/c1-11-15-14(10-21-11)9-17-6-12-4-5-18(8-13(12)7-17)22(19,20)16(2)3/h10,12-13H,4-9H2,1-3H3/t12-,13+/m1/s1. The van der Waals surface area contributed by atoms with Gasteiger partial charge >= 0.3 is 0 Å². The van der Waals surface area contributed by atoms with E-state index in [2.05, 4.69) is 15.3 Å². The van der Waals surface area contributed by atoms with Crippen LogP contribution in [-0.2, 0) is 16.8 Å². The highest BCUT2D eigenvalue weighted by molar-refractivity contribution is 7.86. The molecule has 0 N–H and O–H groups in total. The summed E-state index contributed by atoms with van der Waals surface area (Å²) in [5.41, 5.74) is 1.14. The molecule has 3 heterocycles. The maximum absolute atomic E-state index is 12.3. The van der Waals surface area contributed by atoms with Crippen molar-refractivity contribution in [2.45, 2.75) is 19.9 Å². The number of fused-ring (bicyclic) bond motifs is 1. The second kappa shape index (κ2) is 6.16. The van der Waals surface area contributed by atoms with Crippen molar-refractivity contribution in [1.82, 2.24) is 18.5 Å². The van der Waals surface area contributed by atoms with Crippen LogP contribution in [0.15, 0.2) is 5.38 Å². The van der Waals surface area contributed by atoms with Crippen molar-refractivity contribution in [3.8, 4) is 0 Å². The van der Waals surface area contributed by atoms with Gasteiger partial charge in [0, 0.05) is 52.2 Å². The van der Waals surface area contributed by atoms with Gasteiger partial charge in [-0.3, -0.25) is 4.90 Å². The molecule has 0 aliphatic carbocycles. The normalized spacial score (nSPS) is 27.5. The molecule has 0 bridgehead atoms. The van der Waals surface area contributed by atoms with Gasteiger partial charge in [0.25, 0.3) is 10.2 Å². The number of rotatable bonds is 4. The summed E-state index contributed by atoms with van der Waals surface area (Å²) < 4.78 is 27.5. The lowest BCUT2D eigenvalue weighted by Crippen LogP contribution is -2.47. The molecule has 1 aromatic rings. The molecule has 0 amide bonds. The number of hydrogen-bond donors (Lipinski definition) is 0. The minimum atomic E-state index is -3.27. The zero-order valence-corrected chi connectivity index (χ0v) is 15.0. The van der Waals surface area contributed by atoms with Gasteiger partial charge in [-0.25, -0.2) is 4.98 Å². The SMILES string of the molecule is Cc1nc(CN2C[C@H]3CCN(S(=O)(=O)N(C)C)C[C@@H]3C2)cs1. The third kappa shape index (κ3) is 3.21. The van der Waals surface area contributed by atoms with Crippen molar-refractivity contribution in [1.29, 1.82) is 0 Å². The average molecular weight is 345 g/mol. The summed E-state index contributed by atoms with van der Waals surface area (Å²) in [7, 11) is -0.0659. The van der Waals surface area contributed by atoms with Crippen molar-refractivity contribution in [2.75, 3.05) is 40.3 Å². The quantitative estimate of drug-likeness (QED) is 0.818. The molecule has 124 valence electrons. The number of aryl methyl sites for hydroxylation is 1. The Hall–Kier alpha value is -0.540. The molecule has 0 radical (unpaired) electrons. The first-order valence-corrected chi connectivity index (χ1v) is 9.95. The second-order valence-electron chi connectivity index (χ2n) is 6.51. The first kappa shape index (κ1) is 16.3. The van der Waals surface area contributed by atoms with E-state index < -0.39 is 10.2 Å². The molecular formula is C14H24N4O2S2. The van der Waals surface area contributed by atoms with Crippen molar-refractivity contribution < 1.29 is 8.42 Å². The van der Waals surface area contributed by atoms with Crippen LogP contribution in [-0.4, -0.2) is 67.2 Å². The molecule has 2 aliphatic rings. The van der Waals surface area contributed by atoms with Crippen LogP contribution in [0.5, 0.6) is 0 Å². The topological polar surface area (TPSA) is 56.8 Å². The lowest BCUT2D eigenvalue weighted by atomic mass is 9.90. The number of piperidine rings is 1. The van der Waals surface area contributed by atoms with Crippen LogP contribution in [0.25, 0.3) is 0 Å². The third-order valence-corrected chi connectivity index (χ3v) is 7.41. The first-order chi connectivity index (χ1) is 10.4. The Labute approximate surface area is 136 Å². The molecule has 22 heavy (non-hydrogen) atoms. The Morgan fingerprint density at radius 2 is 2.05 bits per heavy atom. The Kier molecular flexibility index (Phi) is 4.57. The minimum Gasteiger partial charge on any atom is -0.297 e. The molecule has 3 rings (SSSR count). The largest absolute Gasteiger partial charge is 0.297 e. The summed E-state index contributed by atoms with van der Waals surface area (Å²) in [5, 5.41) is 3.23.